The van der Waals surface area contributed by atoms with Crippen LogP contribution in [0.2, 0.25) is 0 Å². The minimum absolute atomic E-state index is 0.462. The number of hydrogen-bond acceptors (Lipinski definition) is 3. The van der Waals surface area contributed by atoms with Crippen LogP contribution in [0.15, 0.2) is 40.8 Å². The number of methoxy groups -OCH3 is 1. The van der Waals surface area contributed by atoms with Crippen LogP contribution in [0, 0.1) is 4.51 Å². The van der Waals surface area contributed by atoms with Crippen LogP contribution >= 0.6 is 12.2 Å². The third kappa shape index (κ3) is 2.08. The van der Waals surface area contributed by atoms with Gasteiger partial charge in [-0.15, -0.1) is 0 Å². The van der Waals surface area contributed by atoms with Gasteiger partial charge in [0.05, 0.1) is 11.6 Å². The quantitative estimate of drug-likeness (QED) is 0.461. The fourth-order valence-corrected chi connectivity index (χ4v) is 2.67. The van der Waals surface area contributed by atoms with E-state index in [0.29, 0.717) is 5.92 Å². The van der Waals surface area contributed by atoms with Crippen molar-refractivity contribution in [1.82, 2.24) is 0 Å². The van der Waals surface area contributed by atoms with Crippen molar-refractivity contribution < 1.29 is 9.15 Å². The largest absolute Gasteiger partial charge is 0.497 e. The van der Waals surface area contributed by atoms with Crippen LogP contribution < -0.4 is 4.74 Å². The monoisotopic (exact) mass is 284 g/mol. The Kier molecular flexibility index (Phi) is 3.22. The van der Waals surface area contributed by atoms with Gasteiger partial charge in [0, 0.05) is 16.8 Å². The van der Waals surface area contributed by atoms with Crippen LogP contribution in [-0.2, 0) is 0 Å². The zero-order chi connectivity index (χ0) is 14.3. The van der Waals surface area contributed by atoms with E-state index in [9.17, 15) is 0 Å². The maximum absolute atomic E-state index is 6.01. The normalized spacial score (nSPS) is 11.4. The standard InChI is InChI=1S/C17H16O2S/c1-10(2)11-4-6-13-15(8-11)19-16-9-12(18-3)5-7-14(16)17(13)20/h4-10H,1-3H3. The van der Waals surface area contributed by atoms with E-state index >= 15 is 0 Å². The Balaban J connectivity index is 2.38. The van der Waals surface area contributed by atoms with E-state index in [1.54, 1.807) is 7.11 Å². The predicted octanol–water partition coefficient (Wildman–Crippen LogP) is 5.45. The van der Waals surface area contributed by atoms with E-state index in [-0.39, 0.29) is 0 Å². The van der Waals surface area contributed by atoms with Crippen LogP contribution in [0.5, 0.6) is 5.75 Å². The number of rotatable bonds is 2. The van der Waals surface area contributed by atoms with Gasteiger partial charge in [0.2, 0.25) is 0 Å². The zero-order valence-electron chi connectivity index (χ0n) is 11.8. The van der Waals surface area contributed by atoms with Crippen molar-refractivity contribution in [3.05, 3.63) is 46.5 Å². The molecule has 102 valence electrons. The van der Waals surface area contributed by atoms with Crippen molar-refractivity contribution in [3.8, 4) is 5.75 Å². The first-order valence-corrected chi connectivity index (χ1v) is 7.05. The van der Waals surface area contributed by atoms with Crippen molar-refractivity contribution in [1.29, 1.82) is 0 Å². The SMILES string of the molecule is COc1ccc2c(=S)c3ccc(C(C)C)cc3oc2c1. The zero-order valence-corrected chi connectivity index (χ0v) is 12.6. The molecule has 1 aromatic heterocycles. The van der Waals surface area contributed by atoms with E-state index < -0.39 is 0 Å². The fourth-order valence-electron chi connectivity index (χ4n) is 2.34. The lowest BCUT2D eigenvalue weighted by molar-refractivity contribution is 0.414. The molecule has 0 spiro atoms. The highest BCUT2D eigenvalue weighted by Gasteiger charge is 2.08. The molecule has 0 radical (unpaired) electrons. The van der Waals surface area contributed by atoms with Gasteiger partial charge < -0.3 is 9.15 Å². The Morgan fingerprint density at radius 2 is 1.65 bits per heavy atom. The third-order valence-electron chi connectivity index (χ3n) is 3.57. The van der Waals surface area contributed by atoms with Gasteiger partial charge in [0.1, 0.15) is 16.9 Å². The van der Waals surface area contributed by atoms with Crippen LogP contribution in [0.1, 0.15) is 25.3 Å². The minimum atomic E-state index is 0.462. The molecule has 0 aliphatic carbocycles. The predicted molar refractivity (Wildman–Crippen MR) is 85.2 cm³/mol. The summed E-state index contributed by atoms with van der Waals surface area (Å²) in [6.45, 7) is 4.33. The van der Waals surface area contributed by atoms with E-state index in [4.69, 9.17) is 21.4 Å². The first-order valence-electron chi connectivity index (χ1n) is 6.64. The molecule has 1 heterocycles. The average Bonchev–Trinajstić information content (AvgIpc) is 2.46. The van der Waals surface area contributed by atoms with E-state index in [2.05, 4.69) is 32.0 Å². The van der Waals surface area contributed by atoms with Crippen LogP contribution in [0.4, 0.5) is 0 Å². The molecule has 0 saturated heterocycles. The average molecular weight is 284 g/mol. The maximum Gasteiger partial charge on any atom is 0.139 e. The molecule has 0 atom stereocenters. The first kappa shape index (κ1) is 13.1. The van der Waals surface area contributed by atoms with E-state index in [1.165, 1.54) is 5.56 Å². The molecular weight excluding hydrogens is 268 g/mol. The Bertz CT molecular complexity index is 847. The Labute approximate surface area is 123 Å². The van der Waals surface area contributed by atoms with Gasteiger partial charge in [-0.05, 0) is 35.7 Å². The summed E-state index contributed by atoms with van der Waals surface area (Å²) in [5.41, 5.74) is 2.85. The van der Waals surface area contributed by atoms with Gasteiger partial charge in [-0.1, -0.05) is 32.1 Å². The van der Waals surface area contributed by atoms with Crippen LogP contribution in [-0.4, -0.2) is 7.11 Å². The lowest BCUT2D eigenvalue weighted by atomic mass is 10.0. The molecule has 2 aromatic carbocycles. The summed E-state index contributed by atoms with van der Waals surface area (Å²) < 4.78 is 12.1. The van der Waals surface area contributed by atoms with Crippen molar-refractivity contribution in [2.75, 3.05) is 7.11 Å². The Morgan fingerprint density at radius 1 is 1.00 bits per heavy atom. The minimum Gasteiger partial charge on any atom is -0.497 e. The van der Waals surface area contributed by atoms with Crippen molar-refractivity contribution in [3.63, 3.8) is 0 Å². The van der Waals surface area contributed by atoms with Crippen molar-refractivity contribution in [2.45, 2.75) is 19.8 Å². The van der Waals surface area contributed by atoms with E-state index in [1.807, 2.05) is 18.2 Å². The molecular formula is C17H16O2S. The number of benzene rings is 2. The van der Waals surface area contributed by atoms with Crippen LogP contribution in [0.3, 0.4) is 0 Å². The van der Waals surface area contributed by atoms with Gasteiger partial charge in [-0.2, -0.15) is 0 Å². The summed E-state index contributed by atoms with van der Waals surface area (Å²) in [4.78, 5) is 0. The first-order chi connectivity index (χ1) is 9.60. The molecule has 0 unspecified atom stereocenters. The van der Waals surface area contributed by atoms with Crippen molar-refractivity contribution in [2.24, 2.45) is 0 Å². The highest BCUT2D eigenvalue weighted by Crippen LogP contribution is 2.30. The fraction of sp³-hybridized carbons (Fsp3) is 0.235. The second kappa shape index (κ2) is 4.91. The van der Waals surface area contributed by atoms with Crippen molar-refractivity contribution >= 4 is 34.2 Å². The summed E-state index contributed by atoms with van der Waals surface area (Å²) in [5, 5.41) is 1.94. The summed E-state index contributed by atoms with van der Waals surface area (Å²) in [7, 11) is 1.65. The molecule has 0 bridgehead atoms. The highest BCUT2D eigenvalue weighted by atomic mass is 32.1. The molecule has 3 rings (SSSR count). The maximum atomic E-state index is 6.01. The molecule has 0 aliphatic rings. The summed E-state index contributed by atoms with van der Waals surface area (Å²) >= 11 is 5.58. The number of ether oxygens (including phenoxy) is 1. The van der Waals surface area contributed by atoms with Gasteiger partial charge in [0.25, 0.3) is 0 Å². The van der Waals surface area contributed by atoms with Crippen LogP contribution in [0.25, 0.3) is 21.9 Å². The second-order valence-electron chi connectivity index (χ2n) is 5.20. The molecule has 0 amide bonds. The summed E-state index contributed by atoms with van der Waals surface area (Å²) in [5.74, 6) is 1.24. The lowest BCUT2D eigenvalue weighted by Gasteiger charge is -2.08. The van der Waals surface area contributed by atoms with Gasteiger partial charge in [-0.25, -0.2) is 0 Å². The molecule has 0 aliphatic heterocycles. The van der Waals surface area contributed by atoms with Gasteiger partial charge in [-0.3, -0.25) is 0 Å². The second-order valence-corrected chi connectivity index (χ2v) is 5.61. The Morgan fingerprint density at radius 3 is 2.30 bits per heavy atom. The Hall–Kier alpha value is -1.87. The van der Waals surface area contributed by atoms with E-state index in [0.717, 1.165) is 32.2 Å². The smallest absolute Gasteiger partial charge is 0.139 e. The number of fused-ring (bicyclic) bond motifs is 2. The molecule has 3 aromatic rings. The highest BCUT2D eigenvalue weighted by molar-refractivity contribution is 7.72. The molecule has 20 heavy (non-hydrogen) atoms. The van der Waals surface area contributed by atoms with Gasteiger partial charge >= 0.3 is 0 Å². The van der Waals surface area contributed by atoms with Gasteiger partial charge in [0.15, 0.2) is 0 Å². The summed E-state index contributed by atoms with van der Waals surface area (Å²) in [6.07, 6.45) is 0. The molecule has 3 heteroatoms. The number of hydrogen-bond donors (Lipinski definition) is 0. The third-order valence-corrected chi connectivity index (χ3v) is 4.01. The molecule has 0 fully saturated rings. The summed E-state index contributed by atoms with van der Waals surface area (Å²) in [6, 6.07) is 12.0. The molecule has 2 nitrogen and oxygen atoms in total. The lowest BCUT2D eigenvalue weighted by Crippen LogP contribution is -1.88. The molecule has 0 N–H and O–H groups in total. The topological polar surface area (TPSA) is 22.4 Å². The molecule has 0 saturated carbocycles.